The Morgan fingerprint density at radius 2 is 2.07 bits per heavy atom. The van der Waals surface area contributed by atoms with Crippen molar-refractivity contribution in [1.82, 2.24) is 4.90 Å². The van der Waals surface area contributed by atoms with Gasteiger partial charge in [0.25, 0.3) is 0 Å². The third kappa shape index (κ3) is 2.76. The number of anilines is 2. The lowest BCUT2D eigenvalue weighted by atomic mass is 10.2. The van der Waals surface area contributed by atoms with Crippen molar-refractivity contribution >= 4 is 29.0 Å². The first-order valence-corrected chi connectivity index (χ1v) is 4.83. The molecule has 3 N–H and O–H groups in total. The lowest BCUT2D eigenvalue weighted by Gasteiger charge is -2.14. The summed E-state index contributed by atoms with van der Waals surface area (Å²) in [6.07, 6.45) is 0. The molecule has 15 heavy (non-hydrogen) atoms. The van der Waals surface area contributed by atoms with Crippen LogP contribution in [-0.4, -0.2) is 25.0 Å². The van der Waals surface area contributed by atoms with Crippen LogP contribution in [0.4, 0.5) is 16.2 Å². The molecule has 0 radical (unpaired) electrons. The molecule has 0 atom stereocenters. The van der Waals surface area contributed by atoms with Gasteiger partial charge >= 0.3 is 6.03 Å². The number of nitrogens with two attached hydrogens (primary N) is 1. The fourth-order valence-electron chi connectivity index (χ4n) is 1.07. The molecule has 4 nitrogen and oxygen atoms in total. The number of carbonyl (C=O) groups is 1. The van der Waals surface area contributed by atoms with E-state index in [1.54, 1.807) is 26.2 Å². The molecule has 0 heterocycles. The lowest BCUT2D eigenvalue weighted by molar-refractivity contribution is 0.230. The van der Waals surface area contributed by atoms with Crippen LogP contribution in [0.2, 0.25) is 5.02 Å². The molecule has 0 spiro atoms. The van der Waals surface area contributed by atoms with Crippen LogP contribution in [0.25, 0.3) is 0 Å². The Balaban J connectivity index is 2.96. The summed E-state index contributed by atoms with van der Waals surface area (Å²) in [6, 6.07) is 3.18. The fourth-order valence-corrected chi connectivity index (χ4v) is 1.23. The van der Waals surface area contributed by atoms with Crippen molar-refractivity contribution in [3.8, 4) is 0 Å². The van der Waals surface area contributed by atoms with Crippen LogP contribution < -0.4 is 11.1 Å². The highest BCUT2D eigenvalue weighted by molar-refractivity contribution is 6.33. The van der Waals surface area contributed by atoms with Gasteiger partial charge in [-0.15, -0.1) is 0 Å². The molecule has 0 fully saturated rings. The number of halogens is 1. The molecular formula is C10H14ClN3O. The molecule has 1 rings (SSSR count). The summed E-state index contributed by atoms with van der Waals surface area (Å²) in [5.41, 5.74) is 7.69. The molecular weight excluding hydrogens is 214 g/mol. The first-order valence-electron chi connectivity index (χ1n) is 4.45. The molecule has 2 amide bonds. The van der Waals surface area contributed by atoms with Gasteiger partial charge in [-0.25, -0.2) is 4.79 Å². The molecule has 0 saturated heterocycles. The summed E-state index contributed by atoms with van der Waals surface area (Å²) >= 11 is 5.86. The molecule has 0 aliphatic rings. The van der Waals surface area contributed by atoms with Crippen molar-refractivity contribution in [1.29, 1.82) is 0 Å². The van der Waals surface area contributed by atoms with Crippen LogP contribution in [0, 0.1) is 6.92 Å². The number of hydrogen-bond donors (Lipinski definition) is 2. The predicted octanol–water partition coefficient (Wildman–Crippen LogP) is 2.32. The number of nitrogen functional groups attached to an aromatic ring is 1. The minimum absolute atomic E-state index is 0.195. The van der Waals surface area contributed by atoms with Gasteiger partial charge in [-0.3, -0.25) is 0 Å². The van der Waals surface area contributed by atoms with E-state index in [1.165, 1.54) is 4.90 Å². The Kier molecular flexibility index (Phi) is 3.42. The van der Waals surface area contributed by atoms with Gasteiger partial charge in [-0.05, 0) is 24.6 Å². The highest BCUT2D eigenvalue weighted by Gasteiger charge is 2.08. The van der Waals surface area contributed by atoms with Crippen molar-refractivity contribution in [3.63, 3.8) is 0 Å². The molecule has 5 heteroatoms. The van der Waals surface area contributed by atoms with Gasteiger partial charge in [0, 0.05) is 19.8 Å². The summed E-state index contributed by atoms with van der Waals surface area (Å²) < 4.78 is 0. The van der Waals surface area contributed by atoms with Crippen LogP contribution in [0.15, 0.2) is 12.1 Å². The smallest absolute Gasteiger partial charge is 0.321 e. The first kappa shape index (κ1) is 11.7. The number of aryl methyl sites for hydroxylation is 1. The topological polar surface area (TPSA) is 58.4 Å². The summed E-state index contributed by atoms with van der Waals surface area (Å²) in [4.78, 5) is 12.8. The van der Waals surface area contributed by atoms with Crippen LogP contribution in [0.3, 0.4) is 0 Å². The van der Waals surface area contributed by atoms with Gasteiger partial charge in [-0.1, -0.05) is 11.6 Å². The Hall–Kier alpha value is -1.42. The van der Waals surface area contributed by atoms with Crippen molar-refractivity contribution in [2.75, 3.05) is 25.1 Å². The van der Waals surface area contributed by atoms with E-state index in [9.17, 15) is 4.79 Å². The zero-order valence-electron chi connectivity index (χ0n) is 8.97. The Labute approximate surface area is 94.0 Å². The van der Waals surface area contributed by atoms with Crippen LogP contribution in [0.1, 0.15) is 5.56 Å². The second-order valence-corrected chi connectivity index (χ2v) is 3.92. The largest absolute Gasteiger partial charge is 0.398 e. The molecule has 1 aromatic rings. The average molecular weight is 228 g/mol. The quantitative estimate of drug-likeness (QED) is 0.724. The number of amides is 2. The predicted molar refractivity (Wildman–Crippen MR) is 63.3 cm³/mol. The van der Waals surface area contributed by atoms with E-state index < -0.39 is 0 Å². The minimum atomic E-state index is -0.195. The van der Waals surface area contributed by atoms with E-state index in [1.807, 2.05) is 6.92 Å². The van der Waals surface area contributed by atoms with Gasteiger partial charge in [-0.2, -0.15) is 0 Å². The third-order valence-electron chi connectivity index (χ3n) is 1.99. The van der Waals surface area contributed by atoms with E-state index in [4.69, 9.17) is 17.3 Å². The average Bonchev–Trinajstić information content (AvgIpc) is 2.13. The van der Waals surface area contributed by atoms with Crippen molar-refractivity contribution in [2.45, 2.75) is 6.92 Å². The van der Waals surface area contributed by atoms with Gasteiger partial charge in [0.1, 0.15) is 0 Å². The zero-order chi connectivity index (χ0) is 11.6. The number of rotatable bonds is 1. The van der Waals surface area contributed by atoms with E-state index >= 15 is 0 Å². The maximum Gasteiger partial charge on any atom is 0.321 e. The monoisotopic (exact) mass is 227 g/mol. The van der Waals surface area contributed by atoms with Crippen molar-refractivity contribution in [2.24, 2.45) is 0 Å². The van der Waals surface area contributed by atoms with Crippen molar-refractivity contribution < 1.29 is 4.79 Å². The number of urea groups is 1. The van der Waals surface area contributed by atoms with Crippen LogP contribution in [0.5, 0.6) is 0 Å². The molecule has 82 valence electrons. The number of hydrogen-bond acceptors (Lipinski definition) is 2. The van der Waals surface area contributed by atoms with E-state index in [0.29, 0.717) is 16.4 Å². The summed E-state index contributed by atoms with van der Waals surface area (Å²) in [5.74, 6) is 0. The molecule has 0 saturated carbocycles. The molecule has 1 aromatic carbocycles. The van der Waals surface area contributed by atoms with Gasteiger partial charge < -0.3 is 16.0 Å². The second kappa shape index (κ2) is 4.40. The highest BCUT2D eigenvalue weighted by Crippen LogP contribution is 2.26. The van der Waals surface area contributed by atoms with Gasteiger partial charge in [0.05, 0.1) is 10.7 Å². The standard InChI is InChI=1S/C10H14ClN3O/c1-6-4-8(12)7(11)5-9(6)13-10(15)14(2)3/h4-5H,12H2,1-3H3,(H,13,15). The summed E-state index contributed by atoms with van der Waals surface area (Å²) in [7, 11) is 3.34. The van der Waals surface area contributed by atoms with Gasteiger partial charge in [0.2, 0.25) is 0 Å². The SMILES string of the molecule is Cc1cc(N)c(Cl)cc1NC(=O)N(C)C. The number of nitrogens with one attached hydrogen (secondary N) is 1. The maximum absolute atomic E-state index is 11.4. The number of nitrogens with zero attached hydrogens (tertiary/aromatic N) is 1. The zero-order valence-corrected chi connectivity index (χ0v) is 9.72. The van der Waals surface area contributed by atoms with Crippen LogP contribution in [-0.2, 0) is 0 Å². The molecule has 0 unspecified atom stereocenters. The lowest BCUT2D eigenvalue weighted by Crippen LogP contribution is -2.27. The Bertz CT molecular complexity index is 390. The maximum atomic E-state index is 11.4. The minimum Gasteiger partial charge on any atom is -0.398 e. The first-order chi connectivity index (χ1) is 6.91. The summed E-state index contributed by atoms with van der Waals surface area (Å²) in [5, 5.41) is 3.16. The number of carbonyl (C=O) groups excluding carboxylic acids is 1. The van der Waals surface area contributed by atoms with Crippen molar-refractivity contribution in [3.05, 3.63) is 22.7 Å². The number of benzene rings is 1. The molecule has 0 bridgehead atoms. The Morgan fingerprint density at radius 3 is 2.60 bits per heavy atom. The van der Waals surface area contributed by atoms with Crippen LogP contribution >= 0.6 is 11.6 Å². The molecule has 0 aromatic heterocycles. The second-order valence-electron chi connectivity index (χ2n) is 3.51. The van der Waals surface area contributed by atoms with E-state index in [2.05, 4.69) is 5.32 Å². The van der Waals surface area contributed by atoms with Gasteiger partial charge in [0.15, 0.2) is 0 Å². The highest BCUT2D eigenvalue weighted by atomic mass is 35.5. The fraction of sp³-hybridized carbons (Fsp3) is 0.300. The van der Waals surface area contributed by atoms with E-state index in [-0.39, 0.29) is 6.03 Å². The molecule has 0 aliphatic heterocycles. The summed E-state index contributed by atoms with van der Waals surface area (Å²) in [6.45, 7) is 1.86. The third-order valence-corrected chi connectivity index (χ3v) is 2.32. The van der Waals surface area contributed by atoms with E-state index in [0.717, 1.165) is 5.56 Å². The normalized spacial score (nSPS) is 9.87. The molecule has 0 aliphatic carbocycles. The Morgan fingerprint density at radius 1 is 1.47 bits per heavy atom.